The maximum absolute atomic E-state index is 9.88. The fraction of sp³-hybridized carbons (Fsp3) is 0.583. The van der Waals surface area contributed by atoms with E-state index in [1.165, 1.54) is 12.3 Å². The van der Waals surface area contributed by atoms with E-state index >= 15 is 0 Å². The van der Waals surface area contributed by atoms with Crippen molar-refractivity contribution in [3.63, 3.8) is 0 Å². The molecule has 14 heavy (non-hydrogen) atoms. The first-order chi connectivity index (χ1) is 6.68. The molecule has 0 bridgehead atoms. The van der Waals surface area contributed by atoms with Crippen LogP contribution < -0.4 is 0 Å². The van der Waals surface area contributed by atoms with E-state index in [1.807, 2.05) is 19.9 Å². The Balaban J connectivity index is 2.24. The number of aryl methyl sites for hydroxylation is 2. The average Bonchev–Trinajstić information content (AvgIpc) is 2.46. The third-order valence-electron chi connectivity index (χ3n) is 2.96. The molecule has 1 atom stereocenters. The Morgan fingerprint density at radius 2 is 2.14 bits per heavy atom. The van der Waals surface area contributed by atoms with Gasteiger partial charge in [0.25, 0.3) is 0 Å². The summed E-state index contributed by atoms with van der Waals surface area (Å²) in [6.07, 6.45) is 4.00. The Labute approximate surface area is 84.9 Å². The van der Waals surface area contributed by atoms with Crippen LogP contribution in [0.5, 0.6) is 0 Å². The largest absolute Gasteiger partial charge is 0.466 e. The van der Waals surface area contributed by atoms with Gasteiger partial charge in [0, 0.05) is 11.5 Å². The van der Waals surface area contributed by atoms with Gasteiger partial charge in [-0.3, -0.25) is 0 Å². The highest BCUT2D eigenvalue weighted by Gasteiger charge is 2.27. The Morgan fingerprint density at radius 3 is 2.71 bits per heavy atom. The lowest BCUT2D eigenvalue weighted by molar-refractivity contribution is 0.157. The van der Waals surface area contributed by atoms with Gasteiger partial charge in [-0.1, -0.05) is 12.8 Å². The zero-order valence-electron chi connectivity index (χ0n) is 8.84. The summed E-state index contributed by atoms with van der Waals surface area (Å²) in [5, 5.41) is 9.88. The van der Waals surface area contributed by atoms with Crippen LogP contribution in [0.1, 0.15) is 42.8 Å². The summed E-state index contributed by atoms with van der Waals surface area (Å²) in [7, 11) is 0. The summed E-state index contributed by atoms with van der Waals surface area (Å²) in [5.74, 6) is 3.05. The highest BCUT2D eigenvalue weighted by Crippen LogP contribution is 2.34. The number of rotatable bonds is 1. The fourth-order valence-corrected chi connectivity index (χ4v) is 2.26. The van der Waals surface area contributed by atoms with E-state index in [9.17, 15) is 5.11 Å². The minimum absolute atomic E-state index is 0.251. The molecular formula is C12H17O2. The van der Waals surface area contributed by atoms with E-state index in [1.54, 1.807) is 0 Å². The molecular weight excluding hydrogens is 176 g/mol. The zero-order valence-corrected chi connectivity index (χ0v) is 8.84. The fourth-order valence-electron chi connectivity index (χ4n) is 2.26. The van der Waals surface area contributed by atoms with Crippen molar-refractivity contribution in [3.05, 3.63) is 29.1 Å². The predicted molar refractivity (Wildman–Crippen MR) is 55.0 cm³/mol. The molecule has 1 aromatic rings. The van der Waals surface area contributed by atoms with Gasteiger partial charge in [-0.2, -0.15) is 0 Å². The monoisotopic (exact) mass is 193 g/mol. The van der Waals surface area contributed by atoms with Crippen LogP contribution in [-0.2, 0) is 0 Å². The number of furan rings is 1. The Morgan fingerprint density at radius 1 is 1.36 bits per heavy atom. The van der Waals surface area contributed by atoms with Gasteiger partial charge in [0.1, 0.15) is 11.5 Å². The van der Waals surface area contributed by atoms with Crippen molar-refractivity contribution in [2.45, 2.75) is 45.6 Å². The number of aliphatic hydroxyl groups is 1. The van der Waals surface area contributed by atoms with Crippen molar-refractivity contribution in [1.29, 1.82) is 0 Å². The van der Waals surface area contributed by atoms with E-state index in [4.69, 9.17) is 4.42 Å². The van der Waals surface area contributed by atoms with E-state index in [0.717, 1.165) is 36.3 Å². The molecule has 77 valence electrons. The standard InChI is InChI=1S/C12H17O2/c1-8-7-11(9(2)14-8)10-5-3-4-6-12(10)13/h7,12-13H,3-6H2,1-2H3. The van der Waals surface area contributed by atoms with Crippen molar-refractivity contribution < 1.29 is 9.52 Å². The lowest BCUT2D eigenvalue weighted by Crippen LogP contribution is -2.23. The van der Waals surface area contributed by atoms with Crippen LogP contribution in [0.4, 0.5) is 0 Å². The molecule has 0 amide bonds. The van der Waals surface area contributed by atoms with Gasteiger partial charge in [0.05, 0.1) is 6.10 Å². The molecule has 1 aliphatic carbocycles. The first-order valence-corrected chi connectivity index (χ1v) is 5.29. The summed E-state index contributed by atoms with van der Waals surface area (Å²) >= 11 is 0. The van der Waals surface area contributed by atoms with Crippen molar-refractivity contribution in [2.75, 3.05) is 0 Å². The molecule has 0 spiro atoms. The SMILES string of the molecule is Cc1cc([C]2CCCCC2O)c(C)o1. The van der Waals surface area contributed by atoms with Gasteiger partial charge < -0.3 is 9.52 Å². The molecule has 1 fully saturated rings. The maximum Gasteiger partial charge on any atom is 0.104 e. The molecule has 2 nitrogen and oxygen atoms in total. The summed E-state index contributed by atoms with van der Waals surface area (Å²) in [4.78, 5) is 0. The second-order valence-corrected chi connectivity index (χ2v) is 4.11. The molecule has 1 heterocycles. The van der Waals surface area contributed by atoms with Crippen LogP contribution in [0.2, 0.25) is 0 Å². The third-order valence-corrected chi connectivity index (χ3v) is 2.96. The highest BCUT2D eigenvalue weighted by molar-refractivity contribution is 5.37. The third kappa shape index (κ3) is 1.71. The molecule has 2 rings (SSSR count). The van der Waals surface area contributed by atoms with Gasteiger partial charge in [0.2, 0.25) is 0 Å². The van der Waals surface area contributed by atoms with Crippen LogP contribution in [0.3, 0.4) is 0 Å². The van der Waals surface area contributed by atoms with Crippen LogP contribution in [0, 0.1) is 19.8 Å². The van der Waals surface area contributed by atoms with Gasteiger partial charge in [-0.25, -0.2) is 0 Å². The van der Waals surface area contributed by atoms with E-state index in [0.29, 0.717) is 0 Å². The van der Waals surface area contributed by atoms with Crippen molar-refractivity contribution in [2.24, 2.45) is 0 Å². The van der Waals surface area contributed by atoms with E-state index < -0.39 is 0 Å². The van der Waals surface area contributed by atoms with Crippen LogP contribution >= 0.6 is 0 Å². The van der Waals surface area contributed by atoms with Gasteiger partial charge >= 0.3 is 0 Å². The van der Waals surface area contributed by atoms with Gasteiger partial charge in [0.15, 0.2) is 0 Å². The summed E-state index contributed by atoms with van der Waals surface area (Å²) < 4.78 is 5.48. The summed E-state index contributed by atoms with van der Waals surface area (Å²) in [6.45, 7) is 3.92. The zero-order chi connectivity index (χ0) is 10.1. The molecule has 2 heteroatoms. The summed E-state index contributed by atoms with van der Waals surface area (Å²) in [5.41, 5.74) is 1.13. The molecule has 1 aliphatic rings. The van der Waals surface area contributed by atoms with Crippen LogP contribution in [0.15, 0.2) is 10.5 Å². The minimum atomic E-state index is -0.251. The molecule has 1 saturated carbocycles. The predicted octanol–water partition coefficient (Wildman–Crippen LogP) is 2.75. The van der Waals surface area contributed by atoms with Crippen molar-refractivity contribution >= 4 is 0 Å². The second-order valence-electron chi connectivity index (χ2n) is 4.11. The molecule has 0 aromatic carbocycles. The lowest BCUT2D eigenvalue weighted by atomic mass is 9.82. The first-order valence-electron chi connectivity index (χ1n) is 5.29. The van der Waals surface area contributed by atoms with Crippen LogP contribution in [-0.4, -0.2) is 11.2 Å². The Hall–Kier alpha value is -0.760. The molecule has 1 unspecified atom stereocenters. The molecule has 0 saturated heterocycles. The Kier molecular flexibility index (Phi) is 2.64. The molecule has 1 N–H and O–H groups in total. The Bertz CT molecular complexity index is 314. The summed E-state index contributed by atoms with van der Waals surface area (Å²) in [6, 6.07) is 2.04. The lowest BCUT2D eigenvalue weighted by Gasteiger charge is -2.26. The maximum atomic E-state index is 9.88. The highest BCUT2D eigenvalue weighted by atomic mass is 16.3. The van der Waals surface area contributed by atoms with Crippen LogP contribution in [0.25, 0.3) is 0 Å². The molecule has 1 radical (unpaired) electrons. The van der Waals surface area contributed by atoms with E-state index in [-0.39, 0.29) is 6.10 Å². The number of aliphatic hydroxyl groups excluding tert-OH is 1. The van der Waals surface area contributed by atoms with Gasteiger partial charge in [-0.05, 0) is 32.8 Å². The number of hydrogen-bond acceptors (Lipinski definition) is 2. The van der Waals surface area contributed by atoms with E-state index in [2.05, 4.69) is 0 Å². The topological polar surface area (TPSA) is 33.4 Å². The first kappa shape index (κ1) is 9.78. The average molecular weight is 193 g/mol. The molecule has 0 aliphatic heterocycles. The van der Waals surface area contributed by atoms with Gasteiger partial charge in [-0.15, -0.1) is 0 Å². The normalized spacial score (nSPS) is 24.1. The minimum Gasteiger partial charge on any atom is -0.466 e. The molecule has 1 aromatic heterocycles. The second kappa shape index (κ2) is 3.77. The quantitative estimate of drug-likeness (QED) is 0.744. The smallest absolute Gasteiger partial charge is 0.104 e. The van der Waals surface area contributed by atoms with Crippen molar-refractivity contribution in [1.82, 2.24) is 0 Å². The van der Waals surface area contributed by atoms with Crippen molar-refractivity contribution in [3.8, 4) is 0 Å². The number of hydrogen-bond donors (Lipinski definition) is 1.